The van der Waals surface area contributed by atoms with Crippen molar-refractivity contribution in [2.24, 2.45) is 0 Å². The summed E-state index contributed by atoms with van der Waals surface area (Å²) in [4.78, 5) is 24.6. The minimum atomic E-state index is -0.177. The molecule has 0 aliphatic heterocycles. The van der Waals surface area contributed by atoms with Crippen LogP contribution in [0.15, 0.2) is 24.5 Å². The summed E-state index contributed by atoms with van der Waals surface area (Å²) in [5, 5.41) is 0.743. The highest BCUT2D eigenvalue weighted by atomic mass is 32.1. The first-order valence-corrected chi connectivity index (χ1v) is 7.01. The van der Waals surface area contributed by atoms with E-state index in [1.165, 1.54) is 16.2 Å². The molecule has 2 aromatic rings. The van der Waals surface area contributed by atoms with E-state index in [4.69, 9.17) is 5.73 Å². The number of thiazole rings is 1. The summed E-state index contributed by atoms with van der Waals surface area (Å²) in [6.45, 7) is 2.82. The summed E-state index contributed by atoms with van der Waals surface area (Å²) < 4.78 is 0. The Kier molecular flexibility index (Phi) is 4.19. The largest absolute Gasteiger partial charge is 0.382 e. The first kappa shape index (κ1) is 14.3. The Morgan fingerprint density at radius 1 is 1.45 bits per heavy atom. The van der Waals surface area contributed by atoms with Crippen LogP contribution in [0.4, 0.5) is 16.6 Å². The number of pyridine rings is 1. The first-order chi connectivity index (χ1) is 9.54. The second-order valence-electron chi connectivity index (χ2n) is 4.30. The highest BCUT2D eigenvalue weighted by molar-refractivity contribution is 7.18. The van der Waals surface area contributed by atoms with Gasteiger partial charge in [0.05, 0.1) is 11.9 Å². The fourth-order valence-electron chi connectivity index (χ4n) is 1.59. The van der Waals surface area contributed by atoms with Crippen molar-refractivity contribution in [2.75, 3.05) is 36.2 Å². The van der Waals surface area contributed by atoms with Gasteiger partial charge in [-0.25, -0.2) is 4.98 Å². The lowest BCUT2D eigenvalue weighted by Crippen LogP contribution is -2.26. The van der Waals surface area contributed by atoms with Gasteiger partial charge in [0.25, 0.3) is 5.91 Å². The van der Waals surface area contributed by atoms with Gasteiger partial charge in [-0.3, -0.25) is 9.78 Å². The fraction of sp³-hybridized carbons (Fsp3) is 0.308. The molecule has 2 heterocycles. The van der Waals surface area contributed by atoms with Crippen molar-refractivity contribution >= 4 is 33.9 Å². The molecule has 0 saturated carbocycles. The molecule has 2 rings (SSSR count). The molecule has 1 amide bonds. The van der Waals surface area contributed by atoms with Gasteiger partial charge in [0.15, 0.2) is 5.13 Å². The maximum atomic E-state index is 12.5. The molecule has 0 aliphatic rings. The quantitative estimate of drug-likeness (QED) is 0.930. The molecule has 0 atom stereocenters. The molecule has 0 spiro atoms. The topological polar surface area (TPSA) is 75.4 Å². The summed E-state index contributed by atoms with van der Waals surface area (Å²) in [6.07, 6.45) is 3.30. The molecule has 2 N–H and O–H groups in total. The number of aromatic nitrogens is 2. The molecular formula is C13H17N5OS. The first-order valence-electron chi connectivity index (χ1n) is 6.20. The summed E-state index contributed by atoms with van der Waals surface area (Å²) >= 11 is 1.30. The Bertz CT molecular complexity index is 598. The molecule has 20 heavy (non-hydrogen) atoms. The van der Waals surface area contributed by atoms with Crippen LogP contribution < -0.4 is 15.5 Å². The van der Waals surface area contributed by atoms with Crippen molar-refractivity contribution in [2.45, 2.75) is 6.92 Å². The molecule has 0 aromatic carbocycles. The average molecular weight is 291 g/mol. The van der Waals surface area contributed by atoms with Crippen LogP contribution in [-0.4, -0.2) is 36.5 Å². The number of rotatable bonds is 4. The number of carbonyl (C=O) groups is 1. The van der Waals surface area contributed by atoms with E-state index in [2.05, 4.69) is 9.97 Å². The number of carbonyl (C=O) groups excluding carboxylic acids is 1. The lowest BCUT2D eigenvalue weighted by atomic mass is 10.3. The Balaban J connectivity index is 2.27. The van der Waals surface area contributed by atoms with Gasteiger partial charge in [0, 0.05) is 26.8 Å². The summed E-state index contributed by atoms with van der Waals surface area (Å²) in [5.74, 6) is 0.0924. The van der Waals surface area contributed by atoms with Crippen molar-refractivity contribution in [1.82, 2.24) is 9.97 Å². The van der Waals surface area contributed by atoms with E-state index in [1.807, 2.05) is 24.9 Å². The standard InChI is InChI=1S/C13H17N5OS/c1-4-17(2)13-16-11(14)10(20-13)12(19)18(3)9-6-5-7-15-8-9/h5-8H,4,14H2,1-3H3. The number of hydrogen-bond donors (Lipinski definition) is 1. The second-order valence-corrected chi connectivity index (χ2v) is 5.28. The van der Waals surface area contributed by atoms with Crippen LogP contribution in [-0.2, 0) is 0 Å². The van der Waals surface area contributed by atoms with Crippen molar-refractivity contribution in [3.8, 4) is 0 Å². The van der Waals surface area contributed by atoms with Gasteiger partial charge < -0.3 is 15.5 Å². The summed E-state index contributed by atoms with van der Waals surface area (Å²) in [5.41, 5.74) is 6.58. The number of amides is 1. The van der Waals surface area contributed by atoms with Crippen molar-refractivity contribution in [3.05, 3.63) is 29.4 Å². The highest BCUT2D eigenvalue weighted by Crippen LogP contribution is 2.29. The van der Waals surface area contributed by atoms with Gasteiger partial charge >= 0.3 is 0 Å². The van der Waals surface area contributed by atoms with Crippen molar-refractivity contribution in [1.29, 1.82) is 0 Å². The maximum Gasteiger partial charge on any atom is 0.272 e. The molecular weight excluding hydrogens is 274 g/mol. The molecule has 0 aliphatic carbocycles. The second kappa shape index (κ2) is 5.87. The fourth-order valence-corrected chi connectivity index (χ4v) is 2.58. The number of nitrogens with zero attached hydrogens (tertiary/aromatic N) is 4. The van der Waals surface area contributed by atoms with Gasteiger partial charge in [0.1, 0.15) is 10.7 Å². The van der Waals surface area contributed by atoms with Crippen LogP contribution in [0.3, 0.4) is 0 Å². The van der Waals surface area contributed by atoms with Crippen LogP contribution in [0.1, 0.15) is 16.6 Å². The summed E-state index contributed by atoms with van der Waals surface area (Å²) in [7, 11) is 3.61. The Morgan fingerprint density at radius 2 is 2.20 bits per heavy atom. The SMILES string of the molecule is CCN(C)c1nc(N)c(C(=O)N(C)c2cccnc2)s1. The van der Waals surface area contributed by atoms with Gasteiger partial charge in [0.2, 0.25) is 0 Å². The maximum absolute atomic E-state index is 12.5. The van der Waals surface area contributed by atoms with Crippen LogP contribution >= 0.6 is 11.3 Å². The summed E-state index contributed by atoms with van der Waals surface area (Å²) in [6, 6.07) is 3.60. The van der Waals surface area contributed by atoms with Crippen molar-refractivity contribution < 1.29 is 4.79 Å². The smallest absolute Gasteiger partial charge is 0.272 e. The van der Waals surface area contributed by atoms with Gasteiger partial charge in [-0.1, -0.05) is 11.3 Å². The van der Waals surface area contributed by atoms with Crippen LogP contribution in [0.5, 0.6) is 0 Å². The van der Waals surface area contributed by atoms with E-state index >= 15 is 0 Å². The van der Waals surface area contributed by atoms with Crippen LogP contribution in [0.2, 0.25) is 0 Å². The van der Waals surface area contributed by atoms with Gasteiger partial charge in [-0.05, 0) is 19.1 Å². The number of nitrogens with two attached hydrogens (primary N) is 1. The lowest BCUT2D eigenvalue weighted by Gasteiger charge is -2.15. The molecule has 0 unspecified atom stereocenters. The van der Waals surface area contributed by atoms with E-state index in [9.17, 15) is 4.79 Å². The van der Waals surface area contributed by atoms with E-state index in [0.717, 1.165) is 17.4 Å². The normalized spacial score (nSPS) is 10.3. The average Bonchev–Trinajstić information content (AvgIpc) is 2.87. The minimum absolute atomic E-state index is 0.177. The van der Waals surface area contributed by atoms with Crippen LogP contribution in [0, 0.1) is 0 Å². The number of nitrogen functional groups attached to an aromatic ring is 1. The molecule has 0 fully saturated rings. The molecule has 0 radical (unpaired) electrons. The van der Waals surface area contributed by atoms with E-state index in [0.29, 0.717) is 4.88 Å². The third-order valence-electron chi connectivity index (χ3n) is 2.98. The third-order valence-corrected chi connectivity index (χ3v) is 4.15. The Hall–Kier alpha value is -2.15. The van der Waals surface area contributed by atoms with E-state index < -0.39 is 0 Å². The molecule has 6 nitrogen and oxygen atoms in total. The zero-order chi connectivity index (χ0) is 14.7. The zero-order valence-electron chi connectivity index (χ0n) is 11.7. The van der Waals surface area contributed by atoms with Crippen molar-refractivity contribution in [3.63, 3.8) is 0 Å². The third kappa shape index (κ3) is 2.72. The minimum Gasteiger partial charge on any atom is -0.382 e. The molecule has 0 bridgehead atoms. The van der Waals surface area contributed by atoms with Gasteiger partial charge in [-0.15, -0.1) is 0 Å². The molecule has 7 heteroatoms. The molecule has 0 saturated heterocycles. The van der Waals surface area contributed by atoms with E-state index in [-0.39, 0.29) is 11.7 Å². The zero-order valence-corrected chi connectivity index (χ0v) is 12.5. The van der Waals surface area contributed by atoms with E-state index in [1.54, 1.807) is 25.5 Å². The Labute approximate surface area is 121 Å². The molecule has 2 aromatic heterocycles. The number of anilines is 3. The molecule has 106 valence electrons. The Morgan fingerprint density at radius 3 is 2.80 bits per heavy atom. The predicted molar refractivity (Wildman–Crippen MR) is 82.4 cm³/mol. The lowest BCUT2D eigenvalue weighted by molar-refractivity contribution is 0.0997. The van der Waals surface area contributed by atoms with Crippen LogP contribution in [0.25, 0.3) is 0 Å². The monoisotopic (exact) mass is 291 g/mol. The predicted octanol–water partition coefficient (Wildman–Crippen LogP) is 1.85. The number of hydrogen-bond acceptors (Lipinski definition) is 6. The highest BCUT2D eigenvalue weighted by Gasteiger charge is 2.21. The van der Waals surface area contributed by atoms with Gasteiger partial charge in [-0.2, -0.15) is 0 Å².